The first-order chi connectivity index (χ1) is 16.8. The Morgan fingerprint density at radius 1 is 1.09 bits per heavy atom. The molecule has 0 aromatic carbocycles. The molecule has 190 valence electrons. The molecule has 8 atom stereocenters. The van der Waals surface area contributed by atoms with Crippen molar-refractivity contribution in [2.45, 2.75) is 83.8 Å². The van der Waals surface area contributed by atoms with E-state index in [0.29, 0.717) is 41.6 Å². The molecule has 0 saturated heterocycles. The van der Waals surface area contributed by atoms with Crippen LogP contribution >= 0.6 is 0 Å². The number of Topliss-reactive ketones (excluding diaryl/α,β-unsaturated/α-hetero) is 1. The Morgan fingerprint density at radius 3 is 2.71 bits per heavy atom. The summed E-state index contributed by atoms with van der Waals surface area (Å²) in [6, 6.07) is 0. The first-order valence-electron chi connectivity index (χ1n) is 13.6. The van der Waals surface area contributed by atoms with Crippen molar-refractivity contribution in [1.29, 1.82) is 0 Å². The number of hydrogen-bond donors (Lipinski definition) is 1. The van der Waals surface area contributed by atoms with Crippen molar-refractivity contribution in [2.24, 2.45) is 40.4 Å². The zero-order valence-corrected chi connectivity index (χ0v) is 21.4. The number of aliphatic hydroxyl groups is 1. The first-order valence-corrected chi connectivity index (χ1v) is 13.6. The van der Waals surface area contributed by atoms with Crippen molar-refractivity contribution in [2.75, 3.05) is 13.7 Å². The average molecular weight is 481 g/mol. The molecule has 4 saturated carbocycles. The minimum atomic E-state index is -0.537. The second-order valence-electron chi connectivity index (χ2n) is 12.8. The minimum absolute atomic E-state index is 0.0720. The van der Waals surface area contributed by atoms with E-state index in [0.717, 1.165) is 50.6 Å². The predicted octanol–water partition coefficient (Wildman–Crippen LogP) is 4.43. The Kier molecular flexibility index (Phi) is 5.61. The minimum Gasteiger partial charge on any atom is -0.390 e. The van der Waals surface area contributed by atoms with E-state index in [1.165, 1.54) is 19.3 Å². The summed E-state index contributed by atoms with van der Waals surface area (Å²) in [4.78, 5) is 22.2. The highest BCUT2D eigenvalue weighted by atomic mass is 16.5. The molecule has 0 spiro atoms. The fourth-order valence-electron chi connectivity index (χ4n) is 9.46. The van der Waals surface area contributed by atoms with Gasteiger partial charge in [0, 0.05) is 25.4 Å². The van der Waals surface area contributed by atoms with Crippen LogP contribution in [0.4, 0.5) is 0 Å². The summed E-state index contributed by atoms with van der Waals surface area (Å²) >= 11 is 0. The lowest BCUT2D eigenvalue weighted by molar-refractivity contribution is -0.175. The van der Waals surface area contributed by atoms with Crippen molar-refractivity contribution < 1.29 is 14.6 Å². The Bertz CT molecular complexity index is 1080. The van der Waals surface area contributed by atoms with Crippen LogP contribution in [0.25, 0.3) is 11.2 Å². The summed E-state index contributed by atoms with van der Waals surface area (Å²) in [6.45, 7) is 5.56. The molecule has 2 aromatic rings. The van der Waals surface area contributed by atoms with Gasteiger partial charge in [0.25, 0.3) is 0 Å². The molecule has 0 bridgehead atoms. The Hall–Kier alpha value is -1.86. The Labute approximate surface area is 208 Å². The van der Waals surface area contributed by atoms with E-state index >= 15 is 0 Å². The van der Waals surface area contributed by atoms with Crippen LogP contribution in [-0.4, -0.2) is 50.0 Å². The summed E-state index contributed by atoms with van der Waals surface area (Å²) in [5.74, 6) is 2.89. The fourth-order valence-corrected chi connectivity index (χ4v) is 9.46. The van der Waals surface area contributed by atoms with Gasteiger partial charge in [-0.15, -0.1) is 0 Å². The van der Waals surface area contributed by atoms with Crippen LogP contribution in [0.5, 0.6) is 0 Å². The second kappa shape index (κ2) is 8.34. The molecule has 7 nitrogen and oxygen atoms in total. The number of hydrogen-bond acceptors (Lipinski definition) is 6. The van der Waals surface area contributed by atoms with Crippen molar-refractivity contribution in [1.82, 2.24) is 19.7 Å². The van der Waals surface area contributed by atoms with Crippen LogP contribution in [0, 0.1) is 40.4 Å². The molecule has 2 aromatic heterocycles. The van der Waals surface area contributed by atoms with E-state index in [2.05, 4.69) is 22.0 Å². The maximum Gasteiger partial charge on any atom is 0.199 e. The van der Waals surface area contributed by atoms with E-state index in [9.17, 15) is 9.90 Å². The topological polar surface area (TPSA) is 90.1 Å². The van der Waals surface area contributed by atoms with E-state index in [1.54, 1.807) is 17.1 Å². The number of nitrogens with zero attached hydrogens (tertiary/aromatic N) is 4. The first kappa shape index (κ1) is 23.5. The molecule has 35 heavy (non-hydrogen) atoms. The third kappa shape index (κ3) is 3.67. The maximum atomic E-state index is 13.6. The molecule has 1 unspecified atom stereocenters. The standard InChI is InChI=1S/C28H40N4O3/c1-26(34)10-11-28(17-35-3)18(14-26)4-5-19-20-6-7-22(27(20,2)9-8-21(19)28)24(33)16-32-15-23-25(31-32)30-13-12-29-23/h12-13,15,18-22,34H,4-11,14,16-17H2,1-3H3/t18-,19+,20+,21+,22-,26-,27?,28-/m1/s1. The molecular formula is C28H40N4O3. The van der Waals surface area contributed by atoms with Crippen LogP contribution in [0.1, 0.15) is 71.6 Å². The number of aromatic nitrogens is 4. The van der Waals surface area contributed by atoms with Crippen LogP contribution in [0.15, 0.2) is 18.6 Å². The molecule has 7 heteroatoms. The van der Waals surface area contributed by atoms with Crippen LogP contribution in [-0.2, 0) is 16.1 Å². The Balaban J connectivity index is 1.23. The number of rotatable bonds is 5. The van der Waals surface area contributed by atoms with Gasteiger partial charge in [0.2, 0.25) is 0 Å². The molecule has 4 fully saturated rings. The highest BCUT2D eigenvalue weighted by molar-refractivity contribution is 5.82. The van der Waals surface area contributed by atoms with Gasteiger partial charge in [-0.3, -0.25) is 9.48 Å². The van der Waals surface area contributed by atoms with Crippen LogP contribution < -0.4 is 0 Å². The number of fused-ring (bicyclic) bond motifs is 6. The summed E-state index contributed by atoms with van der Waals surface area (Å²) in [6.07, 6.45) is 14.9. The Morgan fingerprint density at radius 2 is 1.91 bits per heavy atom. The molecule has 2 heterocycles. The van der Waals surface area contributed by atoms with Crippen LogP contribution in [0.2, 0.25) is 0 Å². The highest BCUT2D eigenvalue weighted by Crippen LogP contribution is 2.68. The monoisotopic (exact) mass is 480 g/mol. The molecule has 1 N–H and O–H groups in total. The number of ketones is 1. The van der Waals surface area contributed by atoms with Gasteiger partial charge in [-0.2, -0.15) is 5.10 Å². The van der Waals surface area contributed by atoms with Gasteiger partial charge in [-0.1, -0.05) is 6.92 Å². The van der Waals surface area contributed by atoms with E-state index in [1.807, 2.05) is 20.2 Å². The third-order valence-electron chi connectivity index (χ3n) is 11.0. The summed E-state index contributed by atoms with van der Waals surface area (Å²) in [5, 5.41) is 15.3. The lowest BCUT2D eigenvalue weighted by Gasteiger charge is -2.62. The second-order valence-corrected chi connectivity index (χ2v) is 12.8. The van der Waals surface area contributed by atoms with Crippen molar-refractivity contribution in [3.05, 3.63) is 18.6 Å². The number of carbonyl (C=O) groups is 1. The number of carbonyl (C=O) groups excluding carboxylic acids is 1. The quantitative estimate of drug-likeness (QED) is 0.681. The average Bonchev–Trinajstić information content (AvgIpc) is 3.39. The molecule has 6 rings (SSSR count). The maximum absolute atomic E-state index is 13.6. The van der Waals surface area contributed by atoms with Gasteiger partial charge in [0.1, 0.15) is 5.52 Å². The SMILES string of the molecule is COC[C@]12CC[C@@](C)(O)C[C@H]1CC[C@H]1[C@@H]3CC[C@H](C(=O)Cn4cc5nccnc5n4)C3(C)CC[C@@H]12. The molecule has 4 aliphatic carbocycles. The zero-order chi connectivity index (χ0) is 24.4. The number of ether oxygens (including phenoxy) is 1. The molecular weight excluding hydrogens is 440 g/mol. The van der Waals surface area contributed by atoms with Crippen molar-refractivity contribution in [3.8, 4) is 0 Å². The van der Waals surface area contributed by atoms with E-state index < -0.39 is 5.60 Å². The van der Waals surface area contributed by atoms with Gasteiger partial charge >= 0.3 is 0 Å². The zero-order valence-electron chi connectivity index (χ0n) is 21.4. The fraction of sp³-hybridized carbons (Fsp3) is 0.786. The molecule has 4 aliphatic rings. The van der Waals surface area contributed by atoms with Crippen LogP contribution in [0.3, 0.4) is 0 Å². The molecule has 0 amide bonds. The number of methoxy groups -OCH3 is 1. The van der Waals surface area contributed by atoms with Gasteiger partial charge in [0.05, 0.1) is 24.9 Å². The summed E-state index contributed by atoms with van der Waals surface area (Å²) in [7, 11) is 1.85. The van der Waals surface area contributed by atoms with Crippen molar-refractivity contribution >= 4 is 16.9 Å². The van der Waals surface area contributed by atoms with E-state index in [4.69, 9.17) is 4.74 Å². The smallest absolute Gasteiger partial charge is 0.199 e. The summed E-state index contributed by atoms with van der Waals surface area (Å²) < 4.78 is 7.63. The normalized spacial score (nSPS) is 42.9. The van der Waals surface area contributed by atoms with Crippen molar-refractivity contribution in [3.63, 3.8) is 0 Å². The lowest BCUT2D eigenvalue weighted by atomic mass is 9.43. The van der Waals surface area contributed by atoms with Gasteiger partial charge in [0.15, 0.2) is 11.4 Å². The summed E-state index contributed by atoms with van der Waals surface area (Å²) in [5.41, 5.74) is 1.07. The van der Waals surface area contributed by atoms with E-state index in [-0.39, 0.29) is 16.7 Å². The molecule has 0 radical (unpaired) electrons. The molecule has 0 aliphatic heterocycles. The van der Waals surface area contributed by atoms with Gasteiger partial charge < -0.3 is 9.84 Å². The lowest BCUT2D eigenvalue weighted by Crippen LogP contribution is -2.58. The highest BCUT2D eigenvalue weighted by Gasteiger charge is 2.63. The largest absolute Gasteiger partial charge is 0.390 e. The predicted molar refractivity (Wildman–Crippen MR) is 132 cm³/mol. The van der Waals surface area contributed by atoms with Gasteiger partial charge in [-0.05, 0) is 99.2 Å². The van der Waals surface area contributed by atoms with Gasteiger partial charge in [-0.25, -0.2) is 9.97 Å². The third-order valence-corrected chi connectivity index (χ3v) is 11.0.